The van der Waals surface area contributed by atoms with Gasteiger partial charge in [0.25, 0.3) is 0 Å². The summed E-state index contributed by atoms with van der Waals surface area (Å²) in [5.74, 6) is -4.85. The molecule has 0 saturated carbocycles. The van der Waals surface area contributed by atoms with E-state index in [1.165, 1.54) is 0 Å². The molecule has 0 heterocycles. The summed E-state index contributed by atoms with van der Waals surface area (Å²) in [5.41, 5.74) is 0. The van der Waals surface area contributed by atoms with Gasteiger partial charge in [0.15, 0.2) is 11.7 Å². The highest BCUT2D eigenvalue weighted by molar-refractivity contribution is 6.17. The monoisotopic (exact) mass is 260 g/mol. The average Bonchev–Trinajstić information content (AvgIpc) is 2.13. The van der Waals surface area contributed by atoms with Gasteiger partial charge in [-0.05, 0) is 34.6 Å². The van der Waals surface area contributed by atoms with Gasteiger partial charge in [-0.2, -0.15) is 0 Å². The molecule has 0 fully saturated rings. The molecule has 0 rings (SSSR count). The molecule has 6 heteroatoms. The van der Waals surface area contributed by atoms with Crippen LogP contribution in [-0.4, -0.2) is 41.1 Å². The summed E-state index contributed by atoms with van der Waals surface area (Å²) in [7, 11) is 0. The standard InChI is InChI=1S/C12H20O6/c1-6(2)17-12(18-7(3)4)10(14)9(8(5)13)11(15)16/h6-7,9,12H,1-5H3,(H,15,16). The fourth-order valence-corrected chi connectivity index (χ4v) is 1.29. The van der Waals surface area contributed by atoms with E-state index < -0.39 is 29.7 Å². The van der Waals surface area contributed by atoms with E-state index in [1.54, 1.807) is 27.7 Å². The molecule has 1 N–H and O–H groups in total. The van der Waals surface area contributed by atoms with Gasteiger partial charge in [-0.3, -0.25) is 14.4 Å². The topological polar surface area (TPSA) is 89.9 Å². The second-order valence-corrected chi connectivity index (χ2v) is 4.49. The normalized spacial score (nSPS) is 13.1. The molecule has 0 amide bonds. The number of ether oxygens (including phenoxy) is 2. The molecule has 0 radical (unpaired) electrons. The van der Waals surface area contributed by atoms with E-state index in [-0.39, 0.29) is 12.2 Å². The van der Waals surface area contributed by atoms with Crippen LogP contribution in [-0.2, 0) is 23.9 Å². The molecule has 104 valence electrons. The van der Waals surface area contributed by atoms with Crippen molar-refractivity contribution in [3.63, 3.8) is 0 Å². The molecule has 1 unspecified atom stereocenters. The van der Waals surface area contributed by atoms with Crippen LogP contribution in [0.3, 0.4) is 0 Å². The maximum Gasteiger partial charge on any atom is 0.321 e. The lowest BCUT2D eigenvalue weighted by Gasteiger charge is -2.23. The van der Waals surface area contributed by atoms with Crippen LogP contribution >= 0.6 is 0 Å². The average molecular weight is 260 g/mol. The lowest BCUT2D eigenvalue weighted by Crippen LogP contribution is -2.42. The first-order valence-corrected chi connectivity index (χ1v) is 5.74. The van der Waals surface area contributed by atoms with Gasteiger partial charge in [0.2, 0.25) is 12.1 Å². The van der Waals surface area contributed by atoms with E-state index in [1.807, 2.05) is 0 Å². The Bertz CT molecular complexity index is 297. The number of carbonyl (C=O) groups excluding carboxylic acids is 2. The zero-order valence-electron chi connectivity index (χ0n) is 11.3. The minimum absolute atomic E-state index is 0.320. The number of ketones is 2. The van der Waals surface area contributed by atoms with Crippen molar-refractivity contribution in [3.05, 3.63) is 0 Å². The van der Waals surface area contributed by atoms with Crippen LogP contribution in [0.15, 0.2) is 0 Å². The Labute approximate surface area is 106 Å². The van der Waals surface area contributed by atoms with Crippen LogP contribution < -0.4 is 0 Å². The molecule has 18 heavy (non-hydrogen) atoms. The molecule has 6 nitrogen and oxygen atoms in total. The van der Waals surface area contributed by atoms with Gasteiger partial charge in [0.1, 0.15) is 0 Å². The molecule has 0 aromatic carbocycles. The predicted molar refractivity (Wildman–Crippen MR) is 63.0 cm³/mol. The van der Waals surface area contributed by atoms with E-state index in [9.17, 15) is 14.4 Å². The van der Waals surface area contributed by atoms with Crippen molar-refractivity contribution in [1.29, 1.82) is 0 Å². The zero-order chi connectivity index (χ0) is 14.5. The highest BCUT2D eigenvalue weighted by Crippen LogP contribution is 2.12. The van der Waals surface area contributed by atoms with Crippen molar-refractivity contribution in [1.82, 2.24) is 0 Å². The van der Waals surface area contributed by atoms with Crippen molar-refractivity contribution in [2.45, 2.75) is 53.1 Å². The Balaban J connectivity index is 5.02. The van der Waals surface area contributed by atoms with Gasteiger partial charge in [-0.15, -0.1) is 0 Å². The molecule has 0 aromatic rings. The van der Waals surface area contributed by atoms with Crippen LogP contribution in [0.1, 0.15) is 34.6 Å². The number of rotatable bonds is 8. The molecule has 0 saturated heterocycles. The SMILES string of the molecule is CC(=O)C(C(=O)O)C(=O)C(OC(C)C)OC(C)C. The van der Waals surface area contributed by atoms with Gasteiger partial charge in [0.05, 0.1) is 12.2 Å². The molecular weight excluding hydrogens is 240 g/mol. The summed E-state index contributed by atoms with van der Waals surface area (Å²) in [5, 5.41) is 8.88. The lowest BCUT2D eigenvalue weighted by molar-refractivity contribution is -0.195. The van der Waals surface area contributed by atoms with E-state index in [4.69, 9.17) is 14.6 Å². The molecule has 0 aliphatic rings. The summed E-state index contributed by atoms with van der Waals surface area (Å²) >= 11 is 0. The summed E-state index contributed by atoms with van der Waals surface area (Å²) < 4.78 is 10.4. The predicted octanol–water partition coefficient (Wildman–Crippen LogP) is 1.02. The maximum atomic E-state index is 11.9. The first-order chi connectivity index (χ1) is 8.16. The van der Waals surface area contributed by atoms with Crippen molar-refractivity contribution >= 4 is 17.5 Å². The van der Waals surface area contributed by atoms with Crippen LogP contribution in [0.4, 0.5) is 0 Å². The van der Waals surface area contributed by atoms with Gasteiger partial charge in [0, 0.05) is 0 Å². The van der Waals surface area contributed by atoms with Crippen molar-refractivity contribution < 1.29 is 29.0 Å². The van der Waals surface area contributed by atoms with E-state index >= 15 is 0 Å². The molecule has 0 bridgehead atoms. The third kappa shape index (κ3) is 5.37. The largest absolute Gasteiger partial charge is 0.480 e. The summed E-state index contributed by atoms with van der Waals surface area (Å²) in [6.07, 6.45) is -1.98. The number of aliphatic carboxylic acids is 1. The van der Waals surface area contributed by atoms with Crippen LogP contribution in [0.25, 0.3) is 0 Å². The maximum absolute atomic E-state index is 11.9. The van der Waals surface area contributed by atoms with Crippen molar-refractivity contribution in [2.75, 3.05) is 0 Å². The molecule has 1 atom stereocenters. The Hall–Kier alpha value is -1.27. The second kappa shape index (κ2) is 7.23. The lowest BCUT2D eigenvalue weighted by atomic mass is 9.99. The third-order valence-corrected chi connectivity index (χ3v) is 1.96. The highest BCUT2D eigenvalue weighted by Gasteiger charge is 2.38. The van der Waals surface area contributed by atoms with Crippen molar-refractivity contribution in [2.24, 2.45) is 5.92 Å². The molecule has 0 aromatic heterocycles. The van der Waals surface area contributed by atoms with E-state index in [0.717, 1.165) is 6.92 Å². The number of carboxylic acids is 1. The minimum atomic E-state index is -1.74. The fraction of sp³-hybridized carbons (Fsp3) is 0.750. The smallest absolute Gasteiger partial charge is 0.321 e. The Morgan fingerprint density at radius 2 is 1.33 bits per heavy atom. The van der Waals surface area contributed by atoms with Crippen LogP contribution in [0.5, 0.6) is 0 Å². The third-order valence-electron chi connectivity index (χ3n) is 1.96. The van der Waals surface area contributed by atoms with Gasteiger partial charge >= 0.3 is 5.97 Å². The minimum Gasteiger partial charge on any atom is -0.480 e. The Morgan fingerprint density at radius 1 is 0.944 bits per heavy atom. The highest BCUT2D eigenvalue weighted by atomic mass is 16.7. The fourth-order valence-electron chi connectivity index (χ4n) is 1.29. The number of hydrogen-bond acceptors (Lipinski definition) is 5. The molecule has 0 aliphatic carbocycles. The van der Waals surface area contributed by atoms with Crippen molar-refractivity contribution in [3.8, 4) is 0 Å². The zero-order valence-corrected chi connectivity index (χ0v) is 11.3. The Morgan fingerprint density at radius 3 is 1.56 bits per heavy atom. The molecular formula is C12H20O6. The molecule has 0 aliphatic heterocycles. The van der Waals surface area contributed by atoms with Gasteiger partial charge < -0.3 is 14.6 Å². The quantitative estimate of drug-likeness (QED) is 0.517. The van der Waals surface area contributed by atoms with Gasteiger partial charge in [-0.25, -0.2) is 0 Å². The number of hydrogen-bond donors (Lipinski definition) is 1. The van der Waals surface area contributed by atoms with Gasteiger partial charge in [-0.1, -0.05) is 0 Å². The van der Waals surface area contributed by atoms with Crippen LogP contribution in [0.2, 0.25) is 0 Å². The molecule has 0 spiro atoms. The van der Waals surface area contributed by atoms with Crippen LogP contribution in [0, 0.1) is 5.92 Å². The van der Waals surface area contributed by atoms with E-state index in [2.05, 4.69) is 0 Å². The Kier molecular flexibility index (Phi) is 6.72. The second-order valence-electron chi connectivity index (χ2n) is 4.49. The summed E-state index contributed by atoms with van der Waals surface area (Å²) in [4.78, 5) is 34.0. The number of Topliss-reactive ketones (excluding diaryl/α,β-unsaturated/α-hetero) is 2. The van der Waals surface area contributed by atoms with E-state index in [0.29, 0.717) is 0 Å². The number of carboxylic acid groups (broad SMARTS) is 1. The summed E-state index contributed by atoms with van der Waals surface area (Å²) in [6, 6.07) is 0. The first kappa shape index (κ1) is 16.7. The summed E-state index contributed by atoms with van der Waals surface area (Å²) in [6.45, 7) is 7.81. The first-order valence-electron chi connectivity index (χ1n) is 5.74. The number of carbonyl (C=O) groups is 3.